The molecule has 0 aromatic heterocycles. The Bertz CT molecular complexity index is 1670. The van der Waals surface area contributed by atoms with E-state index in [-0.39, 0.29) is 37.5 Å². The highest BCUT2D eigenvalue weighted by Gasteiger charge is 2.19. The largest absolute Gasteiger partial charge is 0.462 e. The summed E-state index contributed by atoms with van der Waals surface area (Å²) in [5.74, 6) is -0.963. The lowest BCUT2D eigenvalue weighted by atomic mass is 10.0. The minimum Gasteiger partial charge on any atom is -0.462 e. The Balaban J connectivity index is 4.43. The van der Waals surface area contributed by atoms with Crippen LogP contribution in [0, 0.1) is 0 Å². The van der Waals surface area contributed by atoms with E-state index in [4.69, 9.17) is 14.2 Å². The molecule has 0 bridgehead atoms. The highest BCUT2D eigenvalue weighted by atomic mass is 16.6. The van der Waals surface area contributed by atoms with Crippen LogP contribution in [0.2, 0.25) is 0 Å². The molecular formula is C72H118O6. The Kier molecular flexibility index (Phi) is 61.4. The zero-order valence-corrected chi connectivity index (χ0v) is 50.6. The van der Waals surface area contributed by atoms with Crippen LogP contribution in [0.4, 0.5) is 0 Å². The molecule has 0 fully saturated rings. The summed E-state index contributed by atoms with van der Waals surface area (Å²) < 4.78 is 16.9. The van der Waals surface area contributed by atoms with Crippen LogP contribution in [0.25, 0.3) is 0 Å². The van der Waals surface area contributed by atoms with Crippen molar-refractivity contribution in [2.75, 3.05) is 13.2 Å². The lowest BCUT2D eigenvalue weighted by molar-refractivity contribution is -0.167. The van der Waals surface area contributed by atoms with Crippen LogP contribution >= 0.6 is 0 Å². The van der Waals surface area contributed by atoms with Crippen LogP contribution in [0.1, 0.15) is 284 Å². The second kappa shape index (κ2) is 65.1. The molecule has 0 aromatic carbocycles. The minimum atomic E-state index is -0.807. The molecular weight excluding hydrogens is 961 g/mol. The van der Waals surface area contributed by atoms with E-state index in [1.54, 1.807) is 0 Å². The molecule has 0 spiro atoms. The van der Waals surface area contributed by atoms with Gasteiger partial charge in [0.15, 0.2) is 6.10 Å². The van der Waals surface area contributed by atoms with Gasteiger partial charge in [0.2, 0.25) is 0 Å². The maximum Gasteiger partial charge on any atom is 0.306 e. The first-order valence-corrected chi connectivity index (χ1v) is 32.2. The van der Waals surface area contributed by atoms with E-state index in [0.717, 1.165) is 109 Å². The normalized spacial score (nSPS) is 13.0. The first-order chi connectivity index (χ1) is 38.5. The standard InChI is InChI=1S/C72H118O6/c1-4-7-10-13-16-19-22-25-27-29-31-32-33-34-35-36-37-38-39-40-42-43-45-47-50-53-56-59-62-65-71(74)77-68-69(67-76-70(73)64-61-58-55-52-49-24-21-18-15-12-9-6-3)78-72(75)66-63-60-57-54-51-48-46-44-41-30-28-26-23-20-17-14-11-8-5-2/h7,10,16-17,19-20,25-28,31-32,34-35,37-38,40,42,45,47,53,56,69H,4-6,8-9,11-15,18,21-24,29-30,33,36,39,41,43-44,46,48-52,54-55,57-68H2,1-3H3/b10-7-,19-16-,20-17-,27-25-,28-26-,32-31-,35-34-,38-37-,42-40-,47-45-,56-53-. The fraction of sp³-hybridized carbons (Fsp3) is 0.653. The third-order valence-electron chi connectivity index (χ3n) is 13.4. The van der Waals surface area contributed by atoms with E-state index in [9.17, 15) is 14.4 Å². The van der Waals surface area contributed by atoms with Gasteiger partial charge in [-0.1, -0.05) is 283 Å². The van der Waals surface area contributed by atoms with Crippen LogP contribution in [0.5, 0.6) is 0 Å². The molecule has 0 amide bonds. The highest BCUT2D eigenvalue weighted by molar-refractivity contribution is 5.71. The predicted molar refractivity (Wildman–Crippen MR) is 339 cm³/mol. The summed E-state index contributed by atoms with van der Waals surface area (Å²) in [5.41, 5.74) is 0. The molecule has 0 saturated heterocycles. The molecule has 0 radical (unpaired) electrons. The zero-order valence-electron chi connectivity index (χ0n) is 50.6. The van der Waals surface area contributed by atoms with E-state index in [2.05, 4.69) is 154 Å². The van der Waals surface area contributed by atoms with Gasteiger partial charge in [0.25, 0.3) is 0 Å². The third-order valence-corrected chi connectivity index (χ3v) is 13.4. The van der Waals surface area contributed by atoms with Gasteiger partial charge in [-0.3, -0.25) is 14.4 Å². The van der Waals surface area contributed by atoms with Gasteiger partial charge in [-0.05, 0) is 116 Å². The third kappa shape index (κ3) is 62.4. The van der Waals surface area contributed by atoms with E-state index in [1.165, 1.54) is 128 Å². The Labute approximate surface area is 481 Å². The van der Waals surface area contributed by atoms with Gasteiger partial charge >= 0.3 is 17.9 Å². The number of esters is 3. The molecule has 0 aliphatic carbocycles. The van der Waals surface area contributed by atoms with Crippen LogP contribution in [0.3, 0.4) is 0 Å². The van der Waals surface area contributed by atoms with Crippen molar-refractivity contribution in [2.24, 2.45) is 0 Å². The second-order valence-electron chi connectivity index (χ2n) is 20.9. The first-order valence-electron chi connectivity index (χ1n) is 32.2. The predicted octanol–water partition coefficient (Wildman–Crippen LogP) is 22.2. The molecule has 1 atom stereocenters. The maximum absolute atomic E-state index is 12.9. The molecule has 6 nitrogen and oxygen atoms in total. The van der Waals surface area contributed by atoms with Crippen molar-refractivity contribution in [2.45, 2.75) is 290 Å². The molecule has 0 N–H and O–H groups in total. The molecule has 0 saturated carbocycles. The summed E-state index contributed by atoms with van der Waals surface area (Å²) in [6, 6.07) is 0. The van der Waals surface area contributed by atoms with Gasteiger partial charge in [0.1, 0.15) is 13.2 Å². The molecule has 6 heteroatoms. The van der Waals surface area contributed by atoms with Gasteiger partial charge in [-0.25, -0.2) is 0 Å². The van der Waals surface area contributed by atoms with Crippen molar-refractivity contribution in [3.05, 3.63) is 134 Å². The van der Waals surface area contributed by atoms with Crippen molar-refractivity contribution in [3.8, 4) is 0 Å². The molecule has 0 aromatic rings. The number of hydrogen-bond donors (Lipinski definition) is 0. The van der Waals surface area contributed by atoms with Crippen molar-refractivity contribution in [1.29, 1.82) is 0 Å². The van der Waals surface area contributed by atoms with Gasteiger partial charge in [0.05, 0.1) is 0 Å². The smallest absolute Gasteiger partial charge is 0.306 e. The fourth-order valence-corrected chi connectivity index (χ4v) is 8.59. The average Bonchev–Trinajstić information content (AvgIpc) is 3.44. The molecule has 0 aliphatic rings. The summed E-state index contributed by atoms with van der Waals surface area (Å²) in [4.78, 5) is 38.3. The van der Waals surface area contributed by atoms with E-state index in [0.29, 0.717) is 19.3 Å². The zero-order chi connectivity index (χ0) is 56.4. The number of carbonyl (C=O) groups excluding carboxylic acids is 3. The maximum atomic E-state index is 12.9. The SMILES string of the molecule is CC/C=C\C/C=C\C/C=C\C/C=C\C/C=C\C/C=C\C/C=C\C/C=C\C/C=C\CCCC(=O)OCC(COC(=O)CCCCCCCCCCCCCC)OC(=O)CCCCCCCCCCC/C=C\C/C=C\CCCCC. The highest BCUT2D eigenvalue weighted by Crippen LogP contribution is 2.15. The lowest BCUT2D eigenvalue weighted by Crippen LogP contribution is -2.30. The van der Waals surface area contributed by atoms with Crippen molar-refractivity contribution in [3.63, 3.8) is 0 Å². The van der Waals surface area contributed by atoms with Crippen LogP contribution < -0.4 is 0 Å². The topological polar surface area (TPSA) is 78.9 Å². The monoisotopic (exact) mass is 1080 g/mol. The average molecular weight is 1080 g/mol. The summed E-state index contributed by atoms with van der Waals surface area (Å²) in [5, 5.41) is 0. The molecule has 0 heterocycles. The molecule has 1 unspecified atom stereocenters. The Morgan fingerprint density at radius 2 is 0.513 bits per heavy atom. The van der Waals surface area contributed by atoms with Gasteiger partial charge in [-0.15, -0.1) is 0 Å². The van der Waals surface area contributed by atoms with Gasteiger partial charge < -0.3 is 14.2 Å². The number of allylic oxidation sites excluding steroid dienone is 22. The molecule has 442 valence electrons. The molecule has 0 rings (SSSR count). The minimum absolute atomic E-state index is 0.0988. The number of unbranched alkanes of at least 4 members (excludes halogenated alkanes) is 24. The van der Waals surface area contributed by atoms with Crippen LogP contribution in [0.15, 0.2) is 134 Å². The van der Waals surface area contributed by atoms with Crippen molar-refractivity contribution < 1.29 is 28.6 Å². The first kappa shape index (κ1) is 73.5. The lowest BCUT2D eigenvalue weighted by Gasteiger charge is -2.18. The summed E-state index contributed by atoms with van der Waals surface area (Å²) >= 11 is 0. The van der Waals surface area contributed by atoms with Crippen LogP contribution in [-0.2, 0) is 28.6 Å². The van der Waals surface area contributed by atoms with E-state index >= 15 is 0 Å². The summed E-state index contributed by atoms with van der Waals surface area (Å²) in [7, 11) is 0. The quantitative estimate of drug-likeness (QED) is 0.0261. The number of hydrogen-bond acceptors (Lipinski definition) is 6. The van der Waals surface area contributed by atoms with Gasteiger partial charge in [-0.2, -0.15) is 0 Å². The van der Waals surface area contributed by atoms with Crippen molar-refractivity contribution in [1.82, 2.24) is 0 Å². The number of carbonyl (C=O) groups is 3. The van der Waals surface area contributed by atoms with Gasteiger partial charge in [0, 0.05) is 19.3 Å². The van der Waals surface area contributed by atoms with E-state index < -0.39 is 6.10 Å². The Hall–Kier alpha value is -4.45. The van der Waals surface area contributed by atoms with Crippen LogP contribution in [-0.4, -0.2) is 37.2 Å². The Morgan fingerprint density at radius 3 is 0.859 bits per heavy atom. The number of rotatable bonds is 57. The molecule has 78 heavy (non-hydrogen) atoms. The second-order valence-corrected chi connectivity index (χ2v) is 20.9. The Morgan fingerprint density at radius 1 is 0.269 bits per heavy atom. The van der Waals surface area contributed by atoms with E-state index in [1.807, 2.05) is 0 Å². The summed E-state index contributed by atoms with van der Waals surface area (Å²) in [6.07, 6.45) is 91.7. The fourth-order valence-electron chi connectivity index (χ4n) is 8.59. The molecule has 0 aliphatic heterocycles. The van der Waals surface area contributed by atoms with Crippen molar-refractivity contribution >= 4 is 17.9 Å². The summed E-state index contributed by atoms with van der Waals surface area (Å²) in [6.45, 7) is 6.46. The number of ether oxygens (including phenoxy) is 3.